The second kappa shape index (κ2) is 4.51. The van der Waals surface area contributed by atoms with Crippen LogP contribution in [0.3, 0.4) is 0 Å². The number of rotatable bonds is 3. The summed E-state index contributed by atoms with van der Waals surface area (Å²) in [5.74, 6) is -0.489. The molecule has 2 aromatic heterocycles. The lowest BCUT2D eigenvalue weighted by molar-refractivity contribution is 0.0690. The van der Waals surface area contributed by atoms with Crippen molar-refractivity contribution in [2.45, 2.75) is 19.9 Å². The van der Waals surface area contributed by atoms with E-state index in [-0.39, 0.29) is 11.7 Å². The van der Waals surface area contributed by atoms with Crippen molar-refractivity contribution < 1.29 is 9.90 Å². The molecule has 104 valence electrons. The zero-order chi connectivity index (χ0) is 14.3. The molecule has 1 aliphatic heterocycles. The van der Waals surface area contributed by atoms with Crippen LogP contribution in [0.15, 0.2) is 6.20 Å². The molecule has 1 N–H and O–H groups in total. The zero-order valence-corrected chi connectivity index (χ0v) is 11.1. The van der Waals surface area contributed by atoms with Gasteiger partial charge in [0.25, 0.3) is 0 Å². The van der Waals surface area contributed by atoms with Crippen molar-refractivity contribution in [1.29, 1.82) is 0 Å². The first-order valence-corrected chi connectivity index (χ1v) is 6.12. The third-order valence-electron chi connectivity index (χ3n) is 3.33. The maximum absolute atomic E-state index is 10.7. The van der Waals surface area contributed by atoms with E-state index in [1.54, 1.807) is 4.68 Å². The molecule has 0 radical (unpaired) electrons. The van der Waals surface area contributed by atoms with E-state index in [9.17, 15) is 4.79 Å². The lowest BCUT2D eigenvalue weighted by Crippen LogP contribution is -2.49. The first-order chi connectivity index (χ1) is 9.54. The number of anilines is 1. The van der Waals surface area contributed by atoms with Crippen LogP contribution >= 0.6 is 0 Å². The summed E-state index contributed by atoms with van der Waals surface area (Å²) in [5.41, 5.74) is 1.62. The summed E-state index contributed by atoms with van der Waals surface area (Å²) in [6.45, 7) is 5.07. The van der Waals surface area contributed by atoms with Crippen LogP contribution in [-0.4, -0.2) is 54.3 Å². The number of carboxylic acid groups (broad SMARTS) is 1. The normalized spacial score (nSPS) is 15.2. The Labute approximate surface area is 114 Å². The zero-order valence-electron chi connectivity index (χ0n) is 11.1. The molecule has 1 saturated heterocycles. The smallest absolute Gasteiger partial charge is 0.358 e. The summed E-state index contributed by atoms with van der Waals surface area (Å²) in [4.78, 5) is 17.1. The Balaban J connectivity index is 1.68. The molecule has 3 heterocycles. The predicted molar refractivity (Wildman–Crippen MR) is 67.5 cm³/mol. The number of carboxylic acids is 1. The second-order valence-electron chi connectivity index (χ2n) is 4.73. The van der Waals surface area contributed by atoms with Crippen molar-refractivity contribution in [3.8, 4) is 0 Å². The molecule has 9 nitrogen and oxygen atoms in total. The van der Waals surface area contributed by atoms with E-state index in [2.05, 4.69) is 25.5 Å². The highest BCUT2D eigenvalue weighted by Gasteiger charge is 2.32. The SMILES string of the molecule is Cc1nnc(N2CC(n3cc(C(=O)O)nn3)C2)nc1C. The van der Waals surface area contributed by atoms with E-state index in [0.29, 0.717) is 19.0 Å². The van der Waals surface area contributed by atoms with Gasteiger partial charge in [-0.25, -0.2) is 14.5 Å². The van der Waals surface area contributed by atoms with Gasteiger partial charge in [-0.05, 0) is 13.8 Å². The summed E-state index contributed by atoms with van der Waals surface area (Å²) in [6.07, 6.45) is 1.43. The second-order valence-corrected chi connectivity index (χ2v) is 4.73. The molecular weight excluding hydrogens is 262 g/mol. The van der Waals surface area contributed by atoms with Gasteiger partial charge >= 0.3 is 5.97 Å². The molecule has 0 spiro atoms. The predicted octanol–water partition coefficient (Wildman–Crippen LogP) is -0.161. The fourth-order valence-electron chi connectivity index (χ4n) is 1.92. The lowest BCUT2D eigenvalue weighted by Gasteiger charge is -2.38. The molecule has 0 amide bonds. The number of nitrogens with zero attached hydrogens (tertiary/aromatic N) is 7. The molecule has 1 fully saturated rings. The van der Waals surface area contributed by atoms with Crippen LogP contribution in [0.4, 0.5) is 5.95 Å². The van der Waals surface area contributed by atoms with E-state index in [1.165, 1.54) is 6.20 Å². The standard InChI is InChI=1S/C11H13N7O2/c1-6-7(2)13-15-11(12-6)17-3-8(4-17)18-5-9(10(19)20)14-16-18/h5,8H,3-4H2,1-2H3,(H,19,20). The molecule has 0 bridgehead atoms. The number of hydrogen-bond acceptors (Lipinski definition) is 7. The Morgan fingerprint density at radius 1 is 1.25 bits per heavy atom. The van der Waals surface area contributed by atoms with Crippen LogP contribution in [0.25, 0.3) is 0 Å². The fourth-order valence-corrected chi connectivity index (χ4v) is 1.92. The Hall–Kier alpha value is -2.58. The highest BCUT2D eigenvalue weighted by molar-refractivity contribution is 5.84. The minimum atomic E-state index is -1.07. The Morgan fingerprint density at radius 2 is 2.00 bits per heavy atom. The summed E-state index contributed by atoms with van der Waals surface area (Å²) in [5, 5.41) is 24.3. The lowest BCUT2D eigenvalue weighted by atomic mass is 10.1. The van der Waals surface area contributed by atoms with Crippen molar-refractivity contribution in [3.05, 3.63) is 23.3 Å². The molecule has 2 aromatic rings. The first-order valence-electron chi connectivity index (χ1n) is 6.12. The molecule has 3 rings (SSSR count). The third-order valence-corrected chi connectivity index (χ3v) is 3.33. The van der Waals surface area contributed by atoms with Gasteiger partial charge in [0, 0.05) is 13.1 Å². The van der Waals surface area contributed by atoms with Gasteiger partial charge in [-0.2, -0.15) is 5.10 Å². The van der Waals surface area contributed by atoms with Crippen LogP contribution < -0.4 is 4.90 Å². The van der Waals surface area contributed by atoms with Crippen LogP contribution in [0.1, 0.15) is 27.9 Å². The Bertz CT molecular complexity index is 663. The quantitative estimate of drug-likeness (QED) is 0.822. The summed E-state index contributed by atoms with van der Waals surface area (Å²) in [7, 11) is 0. The number of hydrogen-bond donors (Lipinski definition) is 1. The third kappa shape index (κ3) is 2.06. The molecule has 0 atom stereocenters. The van der Waals surface area contributed by atoms with Gasteiger partial charge in [0.1, 0.15) is 0 Å². The van der Waals surface area contributed by atoms with Crippen LogP contribution in [-0.2, 0) is 0 Å². The van der Waals surface area contributed by atoms with Gasteiger partial charge in [0.15, 0.2) is 5.69 Å². The summed E-state index contributed by atoms with van der Waals surface area (Å²) < 4.78 is 1.56. The van der Waals surface area contributed by atoms with E-state index in [0.717, 1.165) is 11.4 Å². The van der Waals surface area contributed by atoms with E-state index in [1.807, 2.05) is 18.7 Å². The summed E-state index contributed by atoms with van der Waals surface area (Å²) >= 11 is 0. The number of aromatic nitrogens is 6. The average Bonchev–Trinajstić information content (AvgIpc) is 2.81. The topological polar surface area (TPSA) is 110 Å². The number of carbonyl (C=O) groups is 1. The molecule has 0 aromatic carbocycles. The highest BCUT2D eigenvalue weighted by atomic mass is 16.4. The average molecular weight is 275 g/mol. The first kappa shape index (κ1) is 12.5. The van der Waals surface area contributed by atoms with E-state index in [4.69, 9.17) is 5.11 Å². The van der Waals surface area contributed by atoms with E-state index >= 15 is 0 Å². The Morgan fingerprint density at radius 3 is 2.60 bits per heavy atom. The maximum atomic E-state index is 10.7. The van der Waals surface area contributed by atoms with Gasteiger partial charge in [-0.1, -0.05) is 5.21 Å². The van der Waals surface area contributed by atoms with Crippen LogP contribution in [0.2, 0.25) is 0 Å². The van der Waals surface area contributed by atoms with Gasteiger partial charge in [-0.15, -0.1) is 10.2 Å². The molecule has 20 heavy (non-hydrogen) atoms. The molecule has 9 heteroatoms. The highest BCUT2D eigenvalue weighted by Crippen LogP contribution is 2.24. The number of aryl methyl sites for hydroxylation is 2. The van der Waals surface area contributed by atoms with Crippen molar-refractivity contribution >= 4 is 11.9 Å². The van der Waals surface area contributed by atoms with Gasteiger partial charge in [0.2, 0.25) is 5.95 Å². The molecular formula is C11H13N7O2. The van der Waals surface area contributed by atoms with Crippen molar-refractivity contribution in [3.63, 3.8) is 0 Å². The van der Waals surface area contributed by atoms with Gasteiger partial charge < -0.3 is 10.0 Å². The minimum absolute atomic E-state index is 0.0486. The van der Waals surface area contributed by atoms with Gasteiger partial charge in [-0.3, -0.25) is 0 Å². The maximum Gasteiger partial charge on any atom is 0.358 e. The van der Waals surface area contributed by atoms with Crippen molar-refractivity contribution in [1.82, 2.24) is 30.2 Å². The van der Waals surface area contributed by atoms with E-state index < -0.39 is 5.97 Å². The van der Waals surface area contributed by atoms with Crippen molar-refractivity contribution in [2.75, 3.05) is 18.0 Å². The molecule has 1 aliphatic rings. The monoisotopic (exact) mass is 275 g/mol. The molecule has 0 aliphatic carbocycles. The van der Waals surface area contributed by atoms with Crippen molar-refractivity contribution in [2.24, 2.45) is 0 Å². The van der Waals surface area contributed by atoms with Gasteiger partial charge in [0.05, 0.1) is 23.6 Å². The van der Waals surface area contributed by atoms with Crippen LogP contribution in [0, 0.1) is 13.8 Å². The Kier molecular flexibility index (Phi) is 2.81. The number of aromatic carboxylic acids is 1. The summed E-state index contributed by atoms with van der Waals surface area (Å²) in [6, 6.07) is 0.0841. The fraction of sp³-hybridized carbons (Fsp3) is 0.455. The molecule has 0 saturated carbocycles. The largest absolute Gasteiger partial charge is 0.476 e. The molecule has 0 unspecified atom stereocenters. The van der Waals surface area contributed by atoms with Crippen LogP contribution in [0.5, 0.6) is 0 Å². The minimum Gasteiger partial charge on any atom is -0.476 e.